The van der Waals surface area contributed by atoms with Crippen molar-refractivity contribution in [2.45, 2.75) is 36.6 Å². The van der Waals surface area contributed by atoms with Crippen LogP contribution >= 0.6 is 0 Å². The van der Waals surface area contributed by atoms with Crippen LogP contribution in [0.3, 0.4) is 0 Å². The predicted octanol–water partition coefficient (Wildman–Crippen LogP) is 1.89. The molecule has 1 N–H and O–H groups in total. The van der Waals surface area contributed by atoms with Crippen LogP contribution in [0, 0.1) is 11.6 Å². The smallest absolute Gasteiger partial charge is 0.249 e. The summed E-state index contributed by atoms with van der Waals surface area (Å²) in [6, 6.07) is 2.83. The normalized spacial score (nSPS) is 15.8. The van der Waals surface area contributed by atoms with Crippen molar-refractivity contribution in [3.05, 3.63) is 29.8 Å². The Morgan fingerprint density at radius 3 is 2.30 bits per heavy atom. The lowest BCUT2D eigenvalue weighted by Gasteiger charge is -2.22. The van der Waals surface area contributed by atoms with Gasteiger partial charge in [-0.2, -0.15) is 4.31 Å². The summed E-state index contributed by atoms with van der Waals surface area (Å²) >= 11 is 0. The van der Waals surface area contributed by atoms with Gasteiger partial charge >= 0.3 is 0 Å². The molecule has 0 aromatic heterocycles. The van der Waals surface area contributed by atoms with Crippen LogP contribution in [0.5, 0.6) is 0 Å². The van der Waals surface area contributed by atoms with Crippen LogP contribution < -0.4 is 0 Å². The molecule has 0 bridgehead atoms. The molecule has 7 heteroatoms. The van der Waals surface area contributed by atoms with Gasteiger partial charge in [0.05, 0.1) is 0 Å². The van der Waals surface area contributed by atoms with Gasteiger partial charge in [0.25, 0.3) is 0 Å². The first-order valence-corrected chi connectivity index (χ1v) is 7.99. The van der Waals surface area contributed by atoms with Crippen molar-refractivity contribution < 1.29 is 22.3 Å². The second kappa shape index (κ2) is 6.15. The van der Waals surface area contributed by atoms with E-state index in [1.165, 1.54) is 0 Å². The fourth-order valence-corrected chi connectivity index (χ4v) is 3.92. The van der Waals surface area contributed by atoms with Crippen LogP contribution in [0.1, 0.15) is 25.7 Å². The maximum absolute atomic E-state index is 13.7. The lowest BCUT2D eigenvalue weighted by Crippen LogP contribution is -2.35. The van der Waals surface area contributed by atoms with Gasteiger partial charge < -0.3 is 5.11 Å². The maximum Gasteiger partial charge on any atom is 0.249 e. The number of unbranched alkanes of at least 4 members (excludes halogenated alkanes) is 1. The van der Waals surface area contributed by atoms with E-state index in [0.29, 0.717) is 25.7 Å². The number of hydrogen-bond acceptors (Lipinski definition) is 3. The van der Waals surface area contributed by atoms with Gasteiger partial charge in [-0.3, -0.25) is 0 Å². The monoisotopic (exact) mass is 305 g/mol. The Balaban J connectivity index is 2.30. The Kier molecular flexibility index (Phi) is 4.72. The summed E-state index contributed by atoms with van der Waals surface area (Å²) in [5, 5.41) is 8.75. The highest BCUT2D eigenvalue weighted by atomic mass is 32.2. The highest BCUT2D eigenvalue weighted by Crippen LogP contribution is 2.33. The van der Waals surface area contributed by atoms with E-state index in [1.54, 1.807) is 0 Å². The second-order valence-electron chi connectivity index (χ2n) is 4.83. The van der Waals surface area contributed by atoms with Crippen LogP contribution in [0.25, 0.3) is 0 Å². The SMILES string of the molecule is O=S(=O)(c1c(F)cccc1F)N(CCCCO)C1CC1. The van der Waals surface area contributed by atoms with Crippen LogP contribution in [-0.4, -0.2) is 37.0 Å². The first-order valence-electron chi connectivity index (χ1n) is 6.55. The molecule has 0 atom stereocenters. The standard InChI is InChI=1S/C13H17F2NO3S/c14-11-4-3-5-12(15)13(11)20(18,19)16(10-6-7-10)8-1-2-9-17/h3-5,10,17H,1-2,6-9H2. The van der Waals surface area contributed by atoms with Crippen LogP contribution in [0.4, 0.5) is 8.78 Å². The van der Waals surface area contributed by atoms with E-state index in [1.807, 2.05) is 0 Å². The van der Waals surface area contributed by atoms with Gasteiger partial charge in [-0.25, -0.2) is 17.2 Å². The van der Waals surface area contributed by atoms with E-state index in [-0.39, 0.29) is 19.2 Å². The molecule has 4 nitrogen and oxygen atoms in total. The van der Waals surface area contributed by atoms with E-state index in [4.69, 9.17) is 5.11 Å². The molecule has 0 amide bonds. The van der Waals surface area contributed by atoms with E-state index in [9.17, 15) is 17.2 Å². The van der Waals surface area contributed by atoms with E-state index in [2.05, 4.69) is 0 Å². The summed E-state index contributed by atoms with van der Waals surface area (Å²) in [5.41, 5.74) is 0. The number of benzene rings is 1. The third-order valence-electron chi connectivity index (χ3n) is 3.23. The molecule has 1 aliphatic rings. The number of aliphatic hydroxyl groups excluding tert-OH is 1. The summed E-state index contributed by atoms with van der Waals surface area (Å²) < 4.78 is 53.4. The number of aliphatic hydroxyl groups is 1. The molecule has 0 heterocycles. The van der Waals surface area contributed by atoms with Crippen molar-refractivity contribution in [3.8, 4) is 0 Å². The fraction of sp³-hybridized carbons (Fsp3) is 0.538. The molecule has 0 spiro atoms. The van der Waals surface area contributed by atoms with E-state index >= 15 is 0 Å². The first kappa shape index (κ1) is 15.3. The van der Waals surface area contributed by atoms with Gasteiger partial charge in [0, 0.05) is 19.2 Å². The van der Waals surface area contributed by atoms with Crippen molar-refractivity contribution in [1.82, 2.24) is 4.31 Å². The zero-order valence-electron chi connectivity index (χ0n) is 10.9. The molecule has 20 heavy (non-hydrogen) atoms. The first-order chi connectivity index (χ1) is 9.48. The Morgan fingerprint density at radius 2 is 1.80 bits per heavy atom. The number of nitrogens with zero attached hydrogens (tertiary/aromatic N) is 1. The summed E-state index contributed by atoms with van der Waals surface area (Å²) in [6.45, 7) is 0.133. The highest BCUT2D eigenvalue weighted by molar-refractivity contribution is 7.89. The Bertz CT molecular complexity index is 553. The molecule has 0 aliphatic heterocycles. The molecule has 0 saturated heterocycles. The van der Waals surface area contributed by atoms with Crippen LogP contribution in [0.15, 0.2) is 23.1 Å². The lowest BCUT2D eigenvalue weighted by atomic mass is 10.3. The highest BCUT2D eigenvalue weighted by Gasteiger charge is 2.40. The Morgan fingerprint density at radius 1 is 1.20 bits per heavy atom. The van der Waals surface area contributed by atoms with Crippen molar-refractivity contribution in [1.29, 1.82) is 0 Å². The Hall–Kier alpha value is -1.05. The predicted molar refractivity (Wildman–Crippen MR) is 69.6 cm³/mol. The second-order valence-corrected chi connectivity index (χ2v) is 6.66. The molecule has 0 unspecified atom stereocenters. The molecular weight excluding hydrogens is 288 g/mol. The lowest BCUT2D eigenvalue weighted by molar-refractivity contribution is 0.275. The molecule has 1 aromatic rings. The van der Waals surface area contributed by atoms with Gasteiger partial charge in [-0.15, -0.1) is 0 Å². The maximum atomic E-state index is 13.7. The topological polar surface area (TPSA) is 57.6 Å². The van der Waals surface area contributed by atoms with Gasteiger partial charge in [-0.1, -0.05) is 6.07 Å². The van der Waals surface area contributed by atoms with Gasteiger partial charge in [0.1, 0.15) is 11.6 Å². The fourth-order valence-electron chi connectivity index (χ4n) is 2.09. The zero-order chi connectivity index (χ0) is 14.8. The number of rotatable bonds is 7. The third-order valence-corrected chi connectivity index (χ3v) is 5.23. The summed E-state index contributed by atoms with van der Waals surface area (Å²) in [4.78, 5) is -0.879. The quantitative estimate of drug-likeness (QED) is 0.783. The number of halogens is 2. The third kappa shape index (κ3) is 3.16. The minimum absolute atomic E-state index is 0.0351. The van der Waals surface area contributed by atoms with Crippen LogP contribution in [0.2, 0.25) is 0 Å². The summed E-state index contributed by atoms with van der Waals surface area (Å²) in [6.07, 6.45) is 2.32. The molecule has 2 rings (SSSR count). The average Bonchev–Trinajstić information content (AvgIpc) is 3.18. The average molecular weight is 305 g/mol. The number of sulfonamides is 1. The van der Waals surface area contributed by atoms with E-state index < -0.39 is 26.6 Å². The Labute approximate surface area is 117 Å². The summed E-state index contributed by atoms with van der Waals surface area (Å²) in [5.74, 6) is -2.14. The molecule has 1 aromatic carbocycles. The molecule has 0 radical (unpaired) electrons. The van der Waals surface area contributed by atoms with Gasteiger partial charge in [-0.05, 0) is 37.8 Å². The minimum atomic E-state index is -4.18. The van der Waals surface area contributed by atoms with Crippen LogP contribution in [-0.2, 0) is 10.0 Å². The van der Waals surface area contributed by atoms with E-state index in [0.717, 1.165) is 22.5 Å². The number of hydrogen-bond donors (Lipinski definition) is 1. The van der Waals surface area contributed by atoms with Crippen molar-refractivity contribution in [2.24, 2.45) is 0 Å². The molecule has 112 valence electrons. The largest absolute Gasteiger partial charge is 0.396 e. The molecular formula is C13H17F2NO3S. The molecule has 1 saturated carbocycles. The zero-order valence-corrected chi connectivity index (χ0v) is 11.7. The summed E-state index contributed by atoms with van der Waals surface area (Å²) in [7, 11) is -4.18. The molecule has 1 fully saturated rings. The van der Waals surface area contributed by atoms with Crippen molar-refractivity contribution in [2.75, 3.05) is 13.2 Å². The van der Waals surface area contributed by atoms with Crippen molar-refractivity contribution in [3.63, 3.8) is 0 Å². The van der Waals surface area contributed by atoms with Gasteiger partial charge in [0.2, 0.25) is 10.0 Å². The van der Waals surface area contributed by atoms with Crippen molar-refractivity contribution >= 4 is 10.0 Å². The molecule has 1 aliphatic carbocycles. The minimum Gasteiger partial charge on any atom is -0.396 e. The van der Waals surface area contributed by atoms with Gasteiger partial charge in [0.15, 0.2) is 4.90 Å².